The van der Waals surface area contributed by atoms with Crippen LogP contribution in [0.15, 0.2) is 48.5 Å². The highest BCUT2D eigenvalue weighted by Gasteiger charge is 2.41. The predicted octanol–water partition coefficient (Wildman–Crippen LogP) is 5.35. The topological polar surface area (TPSA) is 70.7 Å². The second kappa shape index (κ2) is 9.91. The number of benzene rings is 2. The van der Waals surface area contributed by atoms with E-state index in [0.29, 0.717) is 24.4 Å². The molecule has 0 saturated carbocycles. The van der Waals surface area contributed by atoms with E-state index in [1.807, 2.05) is 4.90 Å². The molecule has 0 aliphatic carbocycles. The lowest BCUT2D eigenvalue weighted by Crippen LogP contribution is -2.63. The van der Waals surface area contributed by atoms with Gasteiger partial charge in [0.2, 0.25) is 0 Å². The molecule has 1 aliphatic heterocycles. The largest absolute Gasteiger partial charge is 0.462 e. The van der Waals surface area contributed by atoms with Crippen molar-refractivity contribution in [3.8, 4) is 0 Å². The third kappa shape index (κ3) is 6.78. The molecule has 2 amide bonds. The third-order valence-corrected chi connectivity index (χ3v) is 5.78. The fourth-order valence-corrected chi connectivity index (χ4v) is 4.74. The van der Waals surface area contributed by atoms with Crippen LogP contribution in [0.25, 0.3) is 0 Å². The molecule has 1 fully saturated rings. The quantitative estimate of drug-likeness (QED) is 0.577. The van der Waals surface area contributed by atoms with Crippen LogP contribution in [0.1, 0.15) is 63.4 Å². The fraction of sp³-hybridized carbons (Fsp3) is 0.462. The number of carbonyl (C=O) groups excluding carboxylic acids is 2. The first kappa shape index (κ1) is 24.7. The minimum Gasteiger partial charge on any atom is -0.462 e. The number of halogens is 1. The smallest absolute Gasteiger partial charge is 0.338 e. The molecular weight excluding hydrogens is 421 g/mol. The van der Waals surface area contributed by atoms with Crippen LogP contribution in [0.2, 0.25) is 0 Å². The van der Waals surface area contributed by atoms with Gasteiger partial charge in [-0.2, -0.15) is 0 Å². The molecule has 0 spiro atoms. The molecule has 2 N–H and O–H groups in total. The van der Waals surface area contributed by atoms with Gasteiger partial charge in [0.05, 0.1) is 12.2 Å². The van der Waals surface area contributed by atoms with E-state index in [1.165, 1.54) is 12.1 Å². The summed E-state index contributed by atoms with van der Waals surface area (Å²) >= 11 is 0. The van der Waals surface area contributed by atoms with Crippen LogP contribution in [0.4, 0.5) is 14.9 Å². The zero-order valence-corrected chi connectivity index (χ0v) is 20.1. The first-order valence-electron chi connectivity index (χ1n) is 11.4. The molecule has 2 aromatic carbocycles. The Morgan fingerprint density at radius 3 is 2.15 bits per heavy atom. The average molecular weight is 456 g/mol. The van der Waals surface area contributed by atoms with E-state index < -0.39 is 5.97 Å². The number of piperidine rings is 1. The maximum Gasteiger partial charge on any atom is 0.338 e. The van der Waals surface area contributed by atoms with Gasteiger partial charge in [-0.05, 0) is 89.4 Å². The van der Waals surface area contributed by atoms with Gasteiger partial charge in [-0.3, -0.25) is 0 Å². The second-order valence-corrected chi connectivity index (χ2v) is 9.94. The molecule has 178 valence electrons. The predicted molar refractivity (Wildman–Crippen MR) is 128 cm³/mol. The number of hydrogen-bond donors (Lipinski definition) is 2. The van der Waals surface area contributed by atoms with E-state index in [-0.39, 0.29) is 29.0 Å². The number of ether oxygens (including phenoxy) is 1. The van der Waals surface area contributed by atoms with Gasteiger partial charge in [0.1, 0.15) is 5.82 Å². The number of rotatable bonds is 6. The lowest BCUT2D eigenvalue weighted by atomic mass is 9.79. The summed E-state index contributed by atoms with van der Waals surface area (Å²) in [4.78, 5) is 27.2. The van der Waals surface area contributed by atoms with Crippen molar-refractivity contribution < 1.29 is 18.7 Å². The summed E-state index contributed by atoms with van der Waals surface area (Å²) in [6.07, 6.45) is 1.57. The van der Waals surface area contributed by atoms with Crippen molar-refractivity contribution in [2.45, 2.75) is 71.1 Å². The third-order valence-electron chi connectivity index (χ3n) is 5.78. The van der Waals surface area contributed by atoms with E-state index in [4.69, 9.17) is 4.74 Å². The van der Waals surface area contributed by atoms with Gasteiger partial charge in [-0.25, -0.2) is 14.0 Å². The summed E-state index contributed by atoms with van der Waals surface area (Å²) in [6, 6.07) is 12.6. The molecule has 7 heteroatoms. The standard InChI is InChI=1S/C26H34FN3O3/c1-6-33-23(31)19-9-13-21(14-10-19)28-24(32)30(17-18-7-11-20(27)12-8-18)22-15-25(2,3)29-26(4,5)16-22/h7-14,22,29H,6,15-17H2,1-5H3,(H,28,32). The summed E-state index contributed by atoms with van der Waals surface area (Å²) in [6.45, 7) is 11.0. The normalized spacial score (nSPS) is 17.3. The molecule has 0 bridgehead atoms. The van der Waals surface area contributed by atoms with Gasteiger partial charge in [0.15, 0.2) is 0 Å². The zero-order valence-electron chi connectivity index (χ0n) is 20.1. The van der Waals surface area contributed by atoms with Crippen molar-refractivity contribution in [1.29, 1.82) is 0 Å². The zero-order chi connectivity index (χ0) is 24.2. The molecule has 0 unspecified atom stereocenters. The van der Waals surface area contributed by atoms with Gasteiger partial charge >= 0.3 is 12.0 Å². The van der Waals surface area contributed by atoms with Crippen molar-refractivity contribution in [3.63, 3.8) is 0 Å². The first-order valence-corrected chi connectivity index (χ1v) is 11.4. The fourth-order valence-electron chi connectivity index (χ4n) is 4.74. The number of nitrogens with zero attached hydrogens (tertiary/aromatic N) is 1. The van der Waals surface area contributed by atoms with Crippen molar-refractivity contribution in [3.05, 3.63) is 65.5 Å². The van der Waals surface area contributed by atoms with E-state index in [2.05, 4.69) is 38.3 Å². The highest BCUT2D eigenvalue weighted by molar-refractivity contribution is 5.92. The summed E-state index contributed by atoms with van der Waals surface area (Å²) in [5.74, 6) is -0.701. The van der Waals surface area contributed by atoms with Crippen LogP contribution in [-0.2, 0) is 11.3 Å². The van der Waals surface area contributed by atoms with Crippen LogP contribution < -0.4 is 10.6 Å². The molecule has 1 saturated heterocycles. The molecule has 6 nitrogen and oxygen atoms in total. The molecule has 1 aliphatic rings. The lowest BCUT2D eigenvalue weighted by Gasteiger charge is -2.49. The Labute approximate surface area is 195 Å². The van der Waals surface area contributed by atoms with E-state index in [0.717, 1.165) is 18.4 Å². The van der Waals surface area contributed by atoms with Gasteiger partial charge in [-0.15, -0.1) is 0 Å². The molecule has 2 aromatic rings. The highest BCUT2D eigenvalue weighted by Crippen LogP contribution is 2.32. The number of esters is 1. The first-order chi connectivity index (χ1) is 15.5. The molecular formula is C26H34FN3O3. The van der Waals surface area contributed by atoms with Gasteiger partial charge < -0.3 is 20.3 Å². The lowest BCUT2D eigenvalue weighted by molar-refractivity contribution is 0.0526. The highest BCUT2D eigenvalue weighted by atomic mass is 19.1. The summed E-state index contributed by atoms with van der Waals surface area (Å²) in [7, 11) is 0. The summed E-state index contributed by atoms with van der Waals surface area (Å²) in [5.41, 5.74) is 1.59. The Bertz CT molecular complexity index is 955. The van der Waals surface area contributed by atoms with Gasteiger partial charge in [0, 0.05) is 29.4 Å². The number of anilines is 1. The molecule has 0 atom stereocenters. The summed E-state index contributed by atoms with van der Waals surface area (Å²) < 4.78 is 18.4. The van der Waals surface area contributed by atoms with Gasteiger partial charge in [-0.1, -0.05) is 12.1 Å². The Morgan fingerprint density at radius 1 is 1.03 bits per heavy atom. The van der Waals surface area contributed by atoms with Crippen molar-refractivity contribution in [2.75, 3.05) is 11.9 Å². The SMILES string of the molecule is CCOC(=O)c1ccc(NC(=O)N(Cc2ccc(F)cc2)C2CC(C)(C)NC(C)(C)C2)cc1. The maximum atomic E-state index is 13.5. The number of carbonyl (C=O) groups is 2. The van der Waals surface area contributed by atoms with Crippen LogP contribution in [0, 0.1) is 5.82 Å². The Kier molecular flexibility index (Phi) is 7.42. The van der Waals surface area contributed by atoms with E-state index >= 15 is 0 Å². The minimum atomic E-state index is -0.396. The van der Waals surface area contributed by atoms with Crippen molar-refractivity contribution in [2.24, 2.45) is 0 Å². The van der Waals surface area contributed by atoms with Crippen LogP contribution in [0.5, 0.6) is 0 Å². The molecule has 33 heavy (non-hydrogen) atoms. The number of nitrogens with one attached hydrogen (secondary N) is 2. The molecule has 1 heterocycles. The molecule has 0 aromatic heterocycles. The van der Waals surface area contributed by atoms with Crippen LogP contribution in [-0.4, -0.2) is 40.6 Å². The number of hydrogen-bond acceptors (Lipinski definition) is 4. The monoisotopic (exact) mass is 455 g/mol. The van der Waals surface area contributed by atoms with Crippen LogP contribution >= 0.6 is 0 Å². The van der Waals surface area contributed by atoms with Gasteiger partial charge in [0.25, 0.3) is 0 Å². The molecule has 0 radical (unpaired) electrons. The second-order valence-electron chi connectivity index (χ2n) is 9.94. The minimum absolute atomic E-state index is 0.0138. The van der Waals surface area contributed by atoms with Crippen molar-refractivity contribution in [1.82, 2.24) is 10.2 Å². The number of amides is 2. The summed E-state index contributed by atoms with van der Waals surface area (Å²) in [5, 5.41) is 6.62. The molecule has 3 rings (SSSR count). The number of urea groups is 1. The Morgan fingerprint density at radius 2 is 1.61 bits per heavy atom. The Balaban J connectivity index is 1.82. The van der Waals surface area contributed by atoms with E-state index in [1.54, 1.807) is 43.3 Å². The average Bonchev–Trinajstić information content (AvgIpc) is 2.71. The maximum absolute atomic E-state index is 13.5. The van der Waals surface area contributed by atoms with E-state index in [9.17, 15) is 14.0 Å². The Hall–Kier alpha value is -2.93. The van der Waals surface area contributed by atoms with Crippen molar-refractivity contribution >= 4 is 17.7 Å². The van der Waals surface area contributed by atoms with Crippen LogP contribution in [0.3, 0.4) is 0 Å².